The average Bonchev–Trinajstić information content (AvgIpc) is 2.43. The van der Waals surface area contributed by atoms with E-state index in [-0.39, 0.29) is 0 Å². The van der Waals surface area contributed by atoms with Crippen LogP contribution in [0.15, 0.2) is 36.4 Å². The van der Waals surface area contributed by atoms with Crippen LogP contribution in [-0.4, -0.2) is 36.2 Å². The molecule has 21 heavy (non-hydrogen) atoms. The fraction of sp³-hybridized carbons (Fsp3) is 0.444. The van der Waals surface area contributed by atoms with Crippen LogP contribution in [0.4, 0.5) is 0 Å². The maximum absolute atomic E-state index is 10.2. The summed E-state index contributed by atoms with van der Waals surface area (Å²) < 4.78 is 0. The number of aromatic hydroxyl groups is 1. The molecular weight excluding hydrogens is 260 g/mol. The van der Waals surface area contributed by atoms with Gasteiger partial charge in [-0.15, -0.1) is 0 Å². The lowest BCUT2D eigenvalue weighted by atomic mass is 9.75. The minimum Gasteiger partial charge on any atom is -0.508 e. The molecular formula is C18H24N2O. The topological polar surface area (TPSA) is 35.5 Å². The van der Waals surface area contributed by atoms with E-state index in [1.54, 1.807) is 6.07 Å². The van der Waals surface area contributed by atoms with Gasteiger partial charge in [0, 0.05) is 24.2 Å². The molecule has 1 aliphatic carbocycles. The van der Waals surface area contributed by atoms with Gasteiger partial charge in [-0.3, -0.25) is 0 Å². The van der Waals surface area contributed by atoms with Gasteiger partial charge >= 0.3 is 0 Å². The van der Waals surface area contributed by atoms with E-state index in [4.69, 9.17) is 0 Å². The first-order valence-electron chi connectivity index (χ1n) is 7.70. The highest BCUT2D eigenvalue weighted by Gasteiger charge is 2.38. The number of benzene rings is 2. The van der Waals surface area contributed by atoms with Crippen LogP contribution in [0.3, 0.4) is 0 Å². The van der Waals surface area contributed by atoms with Crippen LogP contribution >= 0.6 is 0 Å². The highest BCUT2D eigenvalue weighted by molar-refractivity contribution is 5.87. The summed E-state index contributed by atoms with van der Waals surface area (Å²) in [6.07, 6.45) is 3.84. The third-order valence-corrected chi connectivity index (χ3v) is 5.00. The van der Waals surface area contributed by atoms with Crippen LogP contribution in [0.1, 0.15) is 24.8 Å². The van der Waals surface area contributed by atoms with Crippen molar-refractivity contribution < 1.29 is 5.11 Å². The second-order valence-corrected chi connectivity index (χ2v) is 6.36. The number of nitrogens with zero attached hydrogens (tertiary/aromatic N) is 1. The average molecular weight is 284 g/mol. The smallest absolute Gasteiger partial charge is 0.120 e. The number of phenols is 1. The molecule has 0 spiro atoms. The molecule has 0 amide bonds. The Labute approximate surface area is 126 Å². The van der Waals surface area contributed by atoms with Crippen molar-refractivity contribution in [1.82, 2.24) is 10.2 Å². The Hall–Kier alpha value is -1.58. The van der Waals surface area contributed by atoms with Gasteiger partial charge in [-0.25, -0.2) is 0 Å². The summed E-state index contributed by atoms with van der Waals surface area (Å²) in [5.41, 5.74) is 1.31. The Bertz CT molecular complexity index is 632. The van der Waals surface area contributed by atoms with Crippen LogP contribution in [0.25, 0.3) is 10.8 Å². The van der Waals surface area contributed by atoms with E-state index in [0.717, 1.165) is 17.5 Å². The zero-order chi connectivity index (χ0) is 14.9. The van der Waals surface area contributed by atoms with Gasteiger partial charge in [-0.2, -0.15) is 0 Å². The second kappa shape index (κ2) is 5.66. The van der Waals surface area contributed by atoms with Crippen molar-refractivity contribution >= 4 is 10.8 Å². The maximum Gasteiger partial charge on any atom is 0.120 e. The van der Waals surface area contributed by atoms with Gasteiger partial charge in [0.1, 0.15) is 5.75 Å². The van der Waals surface area contributed by atoms with Gasteiger partial charge < -0.3 is 15.3 Å². The Morgan fingerprint density at radius 1 is 1.14 bits per heavy atom. The van der Waals surface area contributed by atoms with Gasteiger partial charge in [0.05, 0.1) is 0 Å². The molecule has 0 radical (unpaired) electrons. The largest absolute Gasteiger partial charge is 0.508 e. The quantitative estimate of drug-likeness (QED) is 0.885. The lowest BCUT2D eigenvalue weighted by molar-refractivity contribution is 0.0598. The SMILES string of the molecule is CN(C)C1(CNCc2c(O)ccc3ccccc23)CCC1. The fourth-order valence-corrected chi connectivity index (χ4v) is 3.30. The van der Waals surface area contributed by atoms with Crippen LogP contribution in [0.5, 0.6) is 5.75 Å². The maximum atomic E-state index is 10.2. The highest BCUT2D eigenvalue weighted by Crippen LogP contribution is 2.35. The Balaban J connectivity index is 1.75. The van der Waals surface area contributed by atoms with E-state index >= 15 is 0 Å². The summed E-state index contributed by atoms with van der Waals surface area (Å²) in [5, 5.41) is 16.0. The van der Waals surface area contributed by atoms with Gasteiger partial charge in [0.15, 0.2) is 0 Å². The number of rotatable bonds is 5. The number of likely N-dealkylation sites (N-methyl/N-ethyl adjacent to an activating group) is 1. The molecule has 0 bridgehead atoms. The first-order valence-corrected chi connectivity index (χ1v) is 7.70. The third-order valence-electron chi connectivity index (χ3n) is 5.00. The molecule has 0 atom stereocenters. The van der Waals surface area contributed by atoms with Crippen LogP contribution in [0.2, 0.25) is 0 Å². The van der Waals surface area contributed by atoms with Gasteiger partial charge in [0.2, 0.25) is 0 Å². The zero-order valence-electron chi connectivity index (χ0n) is 12.9. The minimum absolute atomic E-state index is 0.306. The zero-order valence-corrected chi connectivity index (χ0v) is 12.9. The molecule has 112 valence electrons. The predicted octanol–water partition coefficient (Wildman–Crippen LogP) is 3.12. The van der Waals surface area contributed by atoms with Crippen molar-refractivity contribution in [3.05, 3.63) is 42.0 Å². The molecule has 2 aromatic rings. The fourth-order valence-electron chi connectivity index (χ4n) is 3.30. The Morgan fingerprint density at radius 3 is 2.57 bits per heavy atom. The minimum atomic E-state index is 0.306. The first kappa shape index (κ1) is 14.4. The lowest BCUT2D eigenvalue weighted by Gasteiger charge is -2.47. The summed E-state index contributed by atoms with van der Waals surface area (Å²) in [5.74, 6) is 0.383. The molecule has 0 aliphatic heterocycles. The van der Waals surface area contributed by atoms with Crippen molar-refractivity contribution in [3.8, 4) is 5.75 Å². The first-order chi connectivity index (χ1) is 10.1. The molecule has 1 aliphatic rings. The molecule has 3 rings (SSSR count). The molecule has 3 heteroatoms. The lowest BCUT2D eigenvalue weighted by Crippen LogP contribution is -2.56. The molecule has 2 N–H and O–H groups in total. The number of phenolic OH excluding ortho intramolecular Hbond substituents is 1. The van der Waals surface area contributed by atoms with Crippen molar-refractivity contribution in [1.29, 1.82) is 0 Å². The monoisotopic (exact) mass is 284 g/mol. The number of hydrogen-bond donors (Lipinski definition) is 2. The van der Waals surface area contributed by atoms with Crippen molar-refractivity contribution in [2.75, 3.05) is 20.6 Å². The van der Waals surface area contributed by atoms with Gasteiger partial charge in [-0.1, -0.05) is 30.3 Å². The van der Waals surface area contributed by atoms with Crippen LogP contribution < -0.4 is 5.32 Å². The Kier molecular flexibility index (Phi) is 3.87. The van der Waals surface area contributed by atoms with Crippen molar-refractivity contribution in [2.45, 2.75) is 31.3 Å². The Morgan fingerprint density at radius 2 is 1.90 bits per heavy atom. The molecule has 2 aromatic carbocycles. The predicted molar refractivity (Wildman–Crippen MR) is 87.6 cm³/mol. The molecule has 1 saturated carbocycles. The summed E-state index contributed by atoms with van der Waals surface area (Å²) in [7, 11) is 4.33. The summed E-state index contributed by atoms with van der Waals surface area (Å²) in [4.78, 5) is 2.34. The molecule has 0 saturated heterocycles. The molecule has 0 aromatic heterocycles. The van der Waals surface area contributed by atoms with E-state index in [0.29, 0.717) is 17.8 Å². The van der Waals surface area contributed by atoms with Crippen LogP contribution in [-0.2, 0) is 6.54 Å². The van der Waals surface area contributed by atoms with Crippen LogP contribution in [0, 0.1) is 0 Å². The van der Waals surface area contributed by atoms with E-state index in [1.165, 1.54) is 24.6 Å². The van der Waals surface area contributed by atoms with Crippen molar-refractivity contribution in [3.63, 3.8) is 0 Å². The second-order valence-electron chi connectivity index (χ2n) is 6.36. The van der Waals surface area contributed by atoms with Gasteiger partial charge in [-0.05, 0) is 50.2 Å². The summed E-state index contributed by atoms with van der Waals surface area (Å²) in [6.45, 7) is 1.69. The number of nitrogens with one attached hydrogen (secondary N) is 1. The molecule has 0 unspecified atom stereocenters. The van der Waals surface area contributed by atoms with Gasteiger partial charge in [0.25, 0.3) is 0 Å². The van der Waals surface area contributed by atoms with E-state index in [9.17, 15) is 5.11 Å². The van der Waals surface area contributed by atoms with E-state index < -0.39 is 0 Å². The standard InChI is InChI=1S/C18H24N2O/c1-20(2)18(10-5-11-18)13-19-12-16-15-7-4-3-6-14(15)8-9-17(16)21/h3-4,6-9,19,21H,5,10-13H2,1-2H3. The third kappa shape index (κ3) is 2.63. The normalized spacial score (nSPS) is 17.1. The molecule has 0 heterocycles. The molecule has 1 fully saturated rings. The number of fused-ring (bicyclic) bond motifs is 1. The van der Waals surface area contributed by atoms with Crippen molar-refractivity contribution in [2.24, 2.45) is 0 Å². The molecule has 3 nitrogen and oxygen atoms in total. The summed E-state index contributed by atoms with van der Waals surface area (Å²) in [6, 6.07) is 12.0. The summed E-state index contributed by atoms with van der Waals surface area (Å²) >= 11 is 0. The number of hydrogen-bond acceptors (Lipinski definition) is 3. The van der Waals surface area contributed by atoms with E-state index in [2.05, 4.69) is 36.4 Å². The van der Waals surface area contributed by atoms with E-state index in [1.807, 2.05) is 18.2 Å². The highest BCUT2D eigenvalue weighted by atomic mass is 16.3.